The highest BCUT2D eigenvalue weighted by atomic mass is 32.2. The maximum Gasteiger partial charge on any atom is 0.270 e. The fraction of sp³-hybridized carbons (Fsp3) is 0.296. The van der Waals surface area contributed by atoms with Crippen LogP contribution in [0.5, 0.6) is 0 Å². The molecule has 5 nitrogen and oxygen atoms in total. The van der Waals surface area contributed by atoms with E-state index >= 15 is 0 Å². The van der Waals surface area contributed by atoms with Crippen molar-refractivity contribution >= 4 is 23.6 Å². The lowest BCUT2D eigenvalue weighted by atomic mass is 10.0. The Bertz CT molecular complexity index is 1120. The predicted octanol–water partition coefficient (Wildman–Crippen LogP) is 5.17. The van der Waals surface area contributed by atoms with Gasteiger partial charge in [-0.25, -0.2) is 13.7 Å². The lowest BCUT2D eigenvalue weighted by molar-refractivity contribution is -0.117. The SMILES string of the molecule is CC(=O)CN(CCC(Cc1ccccc1)NC(=O)c1cccc(C)n1)Sc1cc(F)ccc1C. The fourth-order valence-electron chi connectivity index (χ4n) is 3.57. The quantitative estimate of drug-likeness (QED) is 0.385. The molecule has 0 radical (unpaired) electrons. The van der Waals surface area contributed by atoms with Crippen LogP contribution >= 0.6 is 11.9 Å². The van der Waals surface area contributed by atoms with Crippen LogP contribution in [0.2, 0.25) is 0 Å². The van der Waals surface area contributed by atoms with E-state index in [1.165, 1.54) is 24.1 Å². The van der Waals surface area contributed by atoms with Crippen molar-refractivity contribution in [2.24, 2.45) is 0 Å². The fourth-order valence-corrected chi connectivity index (χ4v) is 4.67. The van der Waals surface area contributed by atoms with Crippen LogP contribution < -0.4 is 5.32 Å². The van der Waals surface area contributed by atoms with E-state index in [-0.39, 0.29) is 30.1 Å². The second-order valence-electron chi connectivity index (χ2n) is 8.38. The first-order valence-electron chi connectivity index (χ1n) is 11.3. The Labute approximate surface area is 204 Å². The van der Waals surface area contributed by atoms with Crippen molar-refractivity contribution in [3.8, 4) is 0 Å². The van der Waals surface area contributed by atoms with E-state index in [4.69, 9.17) is 0 Å². The van der Waals surface area contributed by atoms with Gasteiger partial charge in [-0.05, 0) is 81.0 Å². The molecule has 0 aliphatic rings. The third-order valence-electron chi connectivity index (χ3n) is 5.28. The minimum Gasteiger partial charge on any atom is -0.348 e. The summed E-state index contributed by atoms with van der Waals surface area (Å²) in [5, 5.41) is 3.12. The summed E-state index contributed by atoms with van der Waals surface area (Å²) in [4.78, 5) is 29.9. The summed E-state index contributed by atoms with van der Waals surface area (Å²) in [7, 11) is 0. The average Bonchev–Trinajstić information content (AvgIpc) is 2.80. The van der Waals surface area contributed by atoms with Gasteiger partial charge in [-0.1, -0.05) is 42.5 Å². The normalized spacial score (nSPS) is 11.9. The van der Waals surface area contributed by atoms with Crippen LogP contribution in [0.15, 0.2) is 71.6 Å². The zero-order chi connectivity index (χ0) is 24.5. The number of Topliss-reactive ketones (excluding diaryl/α,β-unsaturated/α-hetero) is 1. The van der Waals surface area contributed by atoms with Crippen molar-refractivity contribution in [1.82, 2.24) is 14.6 Å². The molecule has 1 unspecified atom stereocenters. The molecule has 3 aromatic rings. The van der Waals surface area contributed by atoms with Crippen LogP contribution in [0.25, 0.3) is 0 Å². The zero-order valence-electron chi connectivity index (χ0n) is 19.8. The minimum atomic E-state index is -0.309. The summed E-state index contributed by atoms with van der Waals surface area (Å²) < 4.78 is 15.7. The number of nitrogens with zero attached hydrogens (tertiary/aromatic N) is 2. The van der Waals surface area contributed by atoms with Crippen LogP contribution in [-0.2, 0) is 11.2 Å². The van der Waals surface area contributed by atoms with Crippen molar-refractivity contribution in [3.63, 3.8) is 0 Å². The van der Waals surface area contributed by atoms with Gasteiger partial charge in [-0.2, -0.15) is 0 Å². The van der Waals surface area contributed by atoms with Crippen LogP contribution in [0.1, 0.15) is 40.7 Å². The lowest BCUT2D eigenvalue weighted by Gasteiger charge is -2.25. The van der Waals surface area contributed by atoms with Gasteiger partial charge in [-0.3, -0.25) is 9.59 Å². The monoisotopic (exact) mass is 479 g/mol. The standard InChI is InChI=1S/C27H30FN3O2S/c1-19-12-13-23(28)17-26(19)34-31(18-21(3)32)15-14-24(16-22-9-5-4-6-10-22)30-27(33)25-11-7-8-20(2)29-25/h4-13,17,24H,14-16,18H2,1-3H3,(H,30,33). The first-order valence-corrected chi connectivity index (χ1v) is 12.0. The zero-order valence-corrected chi connectivity index (χ0v) is 20.6. The lowest BCUT2D eigenvalue weighted by Crippen LogP contribution is -2.39. The van der Waals surface area contributed by atoms with Crippen molar-refractivity contribution < 1.29 is 14.0 Å². The molecular weight excluding hydrogens is 449 g/mol. The molecule has 0 spiro atoms. The Kier molecular flexibility index (Phi) is 9.36. The van der Waals surface area contributed by atoms with Gasteiger partial charge in [0, 0.05) is 23.2 Å². The number of benzene rings is 2. The molecule has 1 atom stereocenters. The molecule has 0 saturated carbocycles. The van der Waals surface area contributed by atoms with Gasteiger partial charge in [0.05, 0.1) is 6.54 Å². The molecule has 0 aliphatic heterocycles. The number of hydrogen-bond donors (Lipinski definition) is 1. The number of carbonyl (C=O) groups excluding carboxylic acids is 2. The van der Waals surface area contributed by atoms with E-state index in [0.29, 0.717) is 25.1 Å². The number of aromatic nitrogens is 1. The molecule has 0 bridgehead atoms. The van der Waals surface area contributed by atoms with Gasteiger partial charge in [0.1, 0.15) is 17.3 Å². The molecule has 2 aromatic carbocycles. The van der Waals surface area contributed by atoms with Crippen LogP contribution in [0, 0.1) is 19.7 Å². The van der Waals surface area contributed by atoms with E-state index in [1.54, 1.807) is 19.1 Å². The molecule has 0 saturated heterocycles. The topological polar surface area (TPSA) is 62.3 Å². The van der Waals surface area contributed by atoms with E-state index in [9.17, 15) is 14.0 Å². The molecule has 0 aliphatic carbocycles. The molecule has 7 heteroatoms. The summed E-state index contributed by atoms with van der Waals surface area (Å²) in [6, 6.07) is 19.8. The molecular formula is C27H30FN3O2S. The van der Waals surface area contributed by atoms with Gasteiger partial charge in [0.25, 0.3) is 5.91 Å². The Hall–Kier alpha value is -3.03. The van der Waals surface area contributed by atoms with Gasteiger partial charge in [0.2, 0.25) is 0 Å². The third kappa shape index (κ3) is 8.08. The minimum absolute atomic E-state index is 0.0224. The van der Waals surface area contributed by atoms with Gasteiger partial charge in [0.15, 0.2) is 0 Å². The molecule has 1 heterocycles. The van der Waals surface area contributed by atoms with Gasteiger partial charge >= 0.3 is 0 Å². The third-order valence-corrected chi connectivity index (χ3v) is 6.49. The highest BCUT2D eigenvalue weighted by molar-refractivity contribution is 7.97. The number of amides is 1. The molecule has 178 valence electrons. The van der Waals surface area contributed by atoms with Crippen molar-refractivity contribution in [2.45, 2.75) is 44.6 Å². The van der Waals surface area contributed by atoms with Gasteiger partial charge in [-0.15, -0.1) is 0 Å². The van der Waals surface area contributed by atoms with Crippen molar-refractivity contribution in [3.05, 3.63) is 95.1 Å². The molecule has 1 aromatic heterocycles. The second-order valence-corrected chi connectivity index (χ2v) is 9.52. The summed E-state index contributed by atoms with van der Waals surface area (Å²) in [6.45, 7) is 6.08. The molecule has 1 N–H and O–H groups in total. The van der Waals surface area contributed by atoms with E-state index < -0.39 is 0 Å². The first-order chi connectivity index (χ1) is 16.3. The maximum atomic E-state index is 13.8. The summed E-state index contributed by atoms with van der Waals surface area (Å²) in [5.41, 5.74) is 3.21. The smallest absolute Gasteiger partial charge is 0.270 e. The number of pyridine rings is 1. The Morgan fingerprint density at radius 1 is 1.06 bits per heavy atom. The highest BCUT2D eigenvalue weighted by Crippen LogP contribution is 2.27. The number of halogens is 1. The Balaban J connectivity index is 1.74. The second kappa shape index (κ2) is 12.4. The molecule has 1 amide bonds. The number of ketones is 1. The number of carbonyl (C=O) groups is 2. The number of rotatable bonds is 11. The van der Waals surface area contributed by atoms with E-state index in [2.05, 4.69) is 10.3 Å². The van der Waals surface area contributed by atoms with E-state index in [1.807, 2.05) is 60.6 Å². The maximum absolute atomic E-state index is 13.8. The Morgan fingerprint density at radius 3 is 2.53 bits per heavy atom. The first kappa shape index (κ1) is 25.6. The Morgan fingerprint density at radius 2 is 1.82 bits per heavy atom. The van der Waals surface area contributed by atoms with Crippen LogP contribution in [-0.4, -0.2) is 40.1 Å². The highest BCUT2D eigenvalue weighted by Gasteiger charge is 2.19. The average molecular weight is 480 g/mol. The van der Waals surface area contributed by atoms with Gasteiger partial charge < -0.3 is 5.32 Å². The number of hydrogen-bond acceptors (Lipinski definition) is 5. The summed E-state index contributed by atoms with van der Waals surface area (Å²) >= 11 is 1.37. The van der Waals surface area contributed by atoms with E-state index in [0.717, 1.165) is 21.7 Å². The molecule has 0 fully saturated rings. The molecule has 34 heavy (non-hydrogen) atoms. The predicted molar refractivity (Wildman–Crippen MR) is 134 cm³/mol. The van der Waals surface area contributed by atoms with Crippen molar-refractivity contribution in [2.75, 3.05) is 13.1 Å². The molecule has 3 rings (SSSR count). The number of nitrogens with one attached hydrogen (secondary N) is 1. The summed E-state index contributed by atoms with van der Waals surface area (Å²) in [6.07, 6.45) is 1.26. The summed E-state index contributed by atoms with van der Waals surface area (Å²) in [5.74, 6) is -0.513. The van der Waals surface area contributed by atoms with Crippen LogP contribution in [0.4, 0.5) is 4.39 Å². The number of aryl methyl sites for hydroxylation is 2. The van der Waals surface area contributed by atoms with Crippen LogP contribution in [0.3, 0.4) is 0 Å². The van der Waals surface area contributed by atoms with Crippen molar-refractivity contribution in [1.29, 1.82) is 0 Å². The largest absolute Gasteiger partial charge is 0.348 e.